The third-order valence-corrected chi connectivity index (χ3v) is 23.1. The van der Waals surface area contributed by atoms with Gasteiger partial charge in [0.2, 0.25) is 0 Å². The first-order valence-corrected chi connectivity index (χ1v) is 39.0. The SMILES string of the molecule is Cc1nc2cccc3c2n1-c1ccc(-c2nc4ccccc4nc2-c2ccccc2)cc1N3c1ccccc1.Cc1nc2cccc3c2n1-c1ccc(-n2c4ccccc4c4c5ccccc5ccc42)cc1N3c1ccccc1.Cc1nc2cccc3c2n1-c1ccc(-n2c4ccccc4c4ccccc42)cc1N3c1ccccc1. The first-order chi connectivity index (χ1) is 56.8. The molecule has 6 aromatic heterocycles. The molecule has 0 spiro atoms. The van der Waals surface area contributed by atoms with Crippen molar-refractivity contribution >= 4 is 150 Å². The minimum absolute atomic E-state index is 0.863. The molecule has 0 N–H and O–H groups in total. The van der Waals surface area contributed by atoms with Crippen molar-refractivity contribution < 1.29 is 0 Å². The molecular weight excluding hydrogens is 1410 g/mol. The molecular formula is C102H69N13. The number of anilines is 9. The Balaban J connectivity index is 0.000000102. The predicted octanol–water partition coefficient (Wildman–Crippen LogP) is 26.0. The third-order valence-electron chi connectivity index (χ3n) is 23.1. The fourth-order valence-electron chi connectivity index (χ4n) is 18.3. The van der Waals surface area contributed by atoms with Gasteiger partial charge in [-0.2, -0.15) is 0 Å². The van der Waals surface area contributed by atoms with E-state index < -0.39 is 0 Å². The lowest BCUT2D eigenvalue weighted by Gasteiger charge is -2.33. The van der Waals surface area contributed by atoms with Crippen molar-refractivity contribution in [3.63, 3.8) is 0 Å². The average molecular weight is 1480 g/mol. The summed E-state index contributed by atoms with van der Waals surface area (Å²) in [6, 6.07) is 129. The van der Waals surface area contributed by atoms with Crippen LogP contribution in [0, 0.1) is 20.8 Å². The van der Waals surface area contributed by atoms with E-state index in [9.17, 15) is 0 Å². The molecule has 115 heavy (non-hydrogen) atoms. The van der Waals surface area contributed by atoms with E-state index >= 15 is 0 Å². The summed E-state index contributed by atoms with van der Waals surface area (Å²) in [5.74, 6) is 2.96. The second-order valence-electron chi connectivity index (χ2n) is 29.7. The van der Waals surface area contributed by atoms with E-state index in [1.165, 1.54) is 54.4 Å². The highest BCUT2D eigenvalue weighted by atomic mass is 15.3. The van der Waals surface area contributed by atoms with Gasteiger partial charge in [0.25, 0.3) is 0 Å². The van der Waals surface area contributed by atoms with Crippen LogP contribution in [0.5, 0.6) is 0 Å². The fraction of sp³-hybridized carbons (Fsp3) is 0.0294. The minimum atomic E-state index is 0.863. The van der Waals surface area contributed by atoms with Gasteiger partial charge in [-0.05, 0) is 189 Å². The van der Waals surface area contributed by atoms with Crippen molar-refractivity contribution in [2.75, 3.05) is 14.7 Å². The Morgan fingerprint density at radius 2 is 0.557 bits per heavy atom. The molecule has 9 heterocycles. The maximum absolute atomic E-state index is 5.16. The van der Waals surface area contributed by atoms with E-state index in [1.807, 2.05) is 42.5 Å². The van der Waals surface area contributed by atoms with Gasteiger partial charge in [0.1, 0.15) is 17.5 Å². The van der Waals surface area contributed by atoms with Crippen LogP contribution < -0.4 is 14.7 Å². The van der Waals surface area contributed by atoms with Gasteiger partial charge in [0.05, 0.1) is 129 Å². The minimum Gasteiger partial charge on any atom is -0.309 e. The third kappa shape index (κ3) is 10.1. The van der Waals surface area contributed by atoms with Crippen LogP contribution in [0.1, 0.15) is 17.5 Å². The summed E-state index contributed by atoms with van der Waals surface area (Å²) >= 11 is 0. The lowest BCUT2D eigenvalue weighted by Crippen LogP contribution is -2.19. The van der Waals surface area contributed by atoms with E-state index in [0.29, 0.717) is 0 Å². The molecule has 0 unspecified atom stereocenters. The molecule has 0 bridgehead atoms. The number of benzene rings is 16. The van der Waals surface area contributed by atoms with Gasteiger partial charge < -0.3 is 23.8 Å². The van der Waals surface area contributed by atoms with Crippen molar-refractivity contribution in [2.24, 2.45) is 0 Å². The van der Waals surface area contributed by atoms with Crippen molar-refractivity contribution in [1.82, 2.24) is 47.8 Å². The monoisotopic (exact) mass is 1480 g/mol. The highest BCUT2D eigenvalue weighted by Gasteiger charge is 2.34. The quantitative estimate of drug-likeness (QED) is 0.156. The lowest BCUT2D eigenvalue weighted by atomic mass is 10.0. The fourth-order valence-corrected chi connectivity index (χ4v) is 18.3. The van der Waals surface area contributed by atoms with Crippen LogP contribution in [0.3, 0.4) is 0 Å². The number of hydrogen-bond donors (Lipinski definition) is 0. The molecule has 0 saturated heterocycles. The standard InChI is InChI=1S/C36H24N4.C34H23N5.C32H22N4/c1-23-37-29-15-9-17-33-36(29)38(23)31-21-19-26(22-34(31)39(33)25-11-3-2-4-12-25)40-30-16-8-7-14-28(30)35-27-13-6-5-10-24(27)18-20-32(35)40;1-22-35-28-17-10-18-30-34(28)38(22)29-20-19-24(21-31(29)39(30)25-13-6-3-7-14-25)33-32(23-11-4-2-5-12-23)36-26-15-8-9-16-27(26)37-33;1-21-33-26-14-9-17-30-32(26)34(21)29-19-18-23(20-31(29)35(30)22-10-3-2-4-11-22)36-27-15-7-5-12-24(27)25-13-6-8-16-28(25)36/h2-22H,1H3;2-21H,1H3;2-20H,1H3. The van der Waals surface area contributed by atoms with Crippen molar-refractivity contribution in [1.29, 1.82) is 0 Å². The summed E-state index contributed by atoms with van der Waals surface area (Å²) in [4.78, 5) is 32.1. The van der Waals surface area contributed by atoms with Crippen LogP contribution in [-0.4, -0.2) is 47.8 Å². The van der Waals surface area contributed by atoms with Gasteiger partial charge in [-0.25, -0.2) is 24.9 Å². The molecule has 22 aromatic rings. The topological polar surface area (TPSA) is 98.8 Å². The Labute approximate surface area is 661 Å². The molecule has 13 heteroatoms. The summed E-state index contributed by atoms with van der Waals surface area (Å²) in [6.07, 6.45) is 0. The molecule has 0 saturated carbocycles. The van der Waals surface area contributed by atoms with Crippen LogP contribution in [0.15, 0.2) is 364 Å². The van der Waals surface area contributed by atoms with Gasteiger partial charge in [-0.1, -0.05) is 206 Å². The molecule has 0 fully saturated rings. The molecule has 0 aliphatic carbocycles. The Hall–Kier alpha value is -15.5. The van der Waals surface area contributed by atoms with Gasteiger partial charge in [0.15, 0.2) is 0 Å². The number of hydrogen-bond acceptors (Lipinski definition) is 8. The zero-order valence-electron chi connectivity index (χ0n) is 63.0. The first kappa shape index (κ1) is 65.4. The Morgan fingerprint density at radius 3 is 1.03 bits per heavy atom. The van der Waals surface area contributed by atoms with Crippen LogP contribution in [0.4, 0.5) is 51.2 Å². The highest BCUT2D eigenvalue weighted by molar-refractivity contribution is 6.21. The normalized spacial score (nSPS) is 12.4. The van der Waals surface area contributed by atoms with Gasteiger partial charge in [-0.3, -0.25) is 13.7 Å². The number of fused-ring (bicyclic) bond motifs is 15. The van der Waals surface area contributed by atoms with Crippen LogP contribution in [-0.2, 0) is 0 Å². The molecule has 25 rings (SSSR count). The van der Waals surface area contributed by atoms with Crippen LogP contribution in [0.2, 0.25) is 0 Å². The summed E-state index contributed by atoms with van der Waals surface area (Å²) in [5, 5.41) is 7.64. The molecule has 0 radical (unpaired) electrons. The molecule has 0 atom stereocenters. The van der Waals surface area contributed by atoms with Crippen LogP contribution in [0.25, 0.3) is 149 Å². The number of nitrogens with zero attached hydrogens (tertiary/aromatic N) is 13. The number of para-hydroxylation sites is 11. The molecule has 13 nitrogen and oxygen atoms in total. The molecule has 0 amide bonds. The Bertz CT molecular complexity index is 7670. The van der Waals surface area contributed by atoms with Gasteiger partial charge in [0, 0.05) is 61.1 Å². The lowest BCUT2D eigenvalue weighted by molar-refractivity contribution is 0.979. The molecule has 542 valence electrons. The summed E-state index contributed by atoms with van der Waals surface area (Å²) in [7, 11) is 0. The maximum atomic E-state index is 5.16. The predicted molar refractivity (Wildman–Crippen MR) is 472 cm³/mol. The van der Waals surface area contributed by atoms with Gasteiger partial charge in [-0.15, -0.1) is 0 Å². The smallest absolute Gasteiger partial charge is 0.111 e. The summed E-state index contributed by atoms with van der Waals surface area (Å²) in [6.45, 7) is 6.26. The maximum Gasteiger partial charge on any atom is 0.111 e. The highest BCUT2D eigenvalue weighted by Crippen LogP contribution is 2.53. The van der Waals surface area contributed by atoms with E-state index in [0.717, 1.165) is 164 Å². The Morgan fingerprint density at radius 1 is 0.200 bits per heavy atom. The average Bonchev–Trinajstić information content (AvgIpc) is 1.69. The van der Waals surface area contributed by atoms with E-state index in [2.05, 4.69) is 380 Å². The molecule has 3 aliphatic rings. The summed E-state index contributed by atoms with van der Waals surface area (Å²) in [5.41, 5.74) is 32.6. The number of aryl methyl sites for hydroxylation is 3. The number of rotatable bonds is 7. The van der Waals surface area contributed by atoms with E-state index in [4.69, 9.17) is 24.9 Å². The Kier molecular flexibility index (Phi) is 14.7. The van der Waals surface area contributed by atoms with Gasteiger partial charge >= 0.3 is 0 Å². The number of imidazole rings is 3. The molecule has 16 aromatic carbocycles. The zero-order chi connectivity index (χ0) is 76.1. The van der Waals surface area contributed by atoms with E-state index in [-0.39, 0.29) is 0 Å². The second-order valence-corrected chi connectivity index (χ2v) is 29.7. The first-order valence-electron chi connectivity index (χ1n) is 39.0. The summed E-state index contributed by atoms with van der Waals surface area (Å²) < 4.78 is 11.7. The molecule has 3 aliphatic heterocycles. The van der Waals surface area contributed by atoms with Crippen molar-refractivity contribution in [3.8, 4) is 51.0 Å². The van der Waals surface area contributed by atoms with E-state index in [1.54, 1.807) is 0 Å². The second kappa shape index (κ2) is 25.8. The zero-order valence-corrected chi connectivity index (χ0v) is 63.0. The van der Waals surface area contributed by atoms with Crippen molar-refractivity contribution in [3.05, 3.63) is 381 Å². The van der Waals surface area contributed by atoms with Crippen molar-refractivity contribution in [2.45, 2.75) is 20.8 Å². The largest absolute Gasteiger partial charge is 0.309 e. The number of aromatic nitrogens is 10. The van der Waals surface area contributed by atoms with Crippen LogP contribution >= 0.6 is 0 Å².